The van der Waals surface area contributed by atoms with Crippen LogP contribution in [0.15, 0.2) is 54.4 Å². The van der Waals surface area contributed by atoms with Gasteiger partial charge in [0.1, 0.15) is 11.3 Å². The zero-order valence-electron chi connectivity index (χ0n) is 15.8. The van der Waals surface area contributed by atoms with Gasteiger partial charge in [-0.25, -0.2) is 10.4 Å². The summed E-state index contributed by atoms with van der Waals surface area (Å²) in [4.78, 5) is 29.5. The second-order valence-electron chi connectivity index (χ2n) is 7.09. The second-order valence-corrected chi connectivity index (χ2v) is 8.12. The van der Waals surface area contributed by atoms with Crippen molar-refractivity contribution in [3.8, 4) is 5.75 Å². The molecule has 2 aliphatic rings. The first-order valence-electron chi connectivity index (χ1n) is 9.27. The van der Waals surface area contributed by atoms with Crippen molar-refractivity contribution in [2.75, 3.05) is 25.2 Å². The van der Waals surface area contributed by atoms with E-state index in [1.807, 2.05) is 35.7 Å². The van der Waals surface area contributed by atoms with E-state index in [0.717, 1.165) is 12.2 Å². The maximum atomic E-state index is 13.3. The number of benzene rings is 1. The molecule has 4 rings (SSSR count). The lowest BCUT2D eigenvalue weighted by molar-refractivity contribution is -0.133. The Labute approximate surface area is 168 Å². The summed E-state index contributed by atoms with van der Waals surface area (Å²) in [6.45, 7) is 4.60. The van der Waals surface area contributed by atoms with Gasteiger partial charge in [0.15, 0.2) is 0 Å². The van der Waals surface area contributed by atoms with E-state index in [1.165, 1.54) is 9.89 Å². The highest BCUT2D eigenvalue weighted by Gasteiger charge is 2.62. The highest BCUT2D eigenvalue weighted by atomic mass is 32.1. The summed E-state index contributed by atoms with van der Waals surface area (Å²) in [6.07, 6.45) is 3.03. The molecule has 0 bridgehead atoms. The van der Waals surface area contributed by atoms with Gasteiger partial charge in [0, 0.05) is 18.0 Å². The number of nitrogens with zero attached hydrogens (tertiary/aromatic N) is 2. The van der Waals surface area contributed by atoms with Gasteiger partial charge in [-0.3, -0.25) is 9.59 Å². The minimum Gasteiger partial charge on any atom is -0.497 e. The van der Waals surface area contributed by atoms with Gasteiger partial charge in [-0.15, -0.1) is 17.9 Å². The number of hydrogen-bond donors (Lipinski definition) is 1. The number of amides is 2. The number of thiophene rings is 1. The number of nitrogens with one attached hydrogen (secondary N) is 1. The average molecular weight is 398 g/mol. The number of carbonyl (C=O) groups is 2. The zero-order chi connectivity index (χ0) is 19.7. The molecule has 0 aliphatic carbocycles. The zero-order valence-corrected chi connectivity index (χ0v) is 16.6. The first kappa shape index (κ1) is 18.7. The lowest BCUT2D eigenvalue weighted by atomic mass is 9.84. The van der Waals surface area contributed by atoms with Crippen molar-refractivity contribution in [2.45, 2.75) is 18.4 Å². The molecule has 2 aliphatic heterocycles. The second kappa shape index (κ2) is 7.41. The third kappa shape index (κ3) is 3.00. The van der Waals surface area contributed by atoms with Crippen molar-refractivity contribution in [2.24, 2.45) is 5.92 Å². The Morgan fingerprint density at radius 1 is 1.32 bits per heavy atom. The lowest BCUT2D eigenvalue weighted by Crippen LogP contribution is -2.54. The summed E-state index contributed by atoms with van der Waals surface area (Å²) >= 11 is 1.67. The summed E-state index contributed by atoms with van der Waals surface area (Å²) in [5.74, 6) is 0.202. The average Bonchev–Trinajstić information content (AvgIpc) is 3.39. The molecule has 2 unspecified atom stereocenters. The number of ether oxygens (including phenoxy) is 1. The Morgan fingerprint density at radius 3 is 2.75 bits per heavy atom. The van der Waals surface area contributed by atoms with E-state index in [1.54, 1.807) is 29.4 Å². The molecule has 1 aromatic heterocycles. The van der Waals surface area contributed by atoms with Crippen LogP contribution in [0.5, 0.6) is 5.75 Å². The van der Waals surface area contributed by atoms with Gasteiger partial charge in [0.05, 0.1) is 18.7 Å². The molecule has 3 heterocycles. The van der Waals surface area contributed by atoms with Crippen molar-refractivity contribution >= 4 is 28.8 Å². The van der Waals surface area contributed by atoms with Crippen LogP contribution in [-0.2, 0) is 16.0 Å². The van der Waals surface area contributed by atoms with Gasteiger partial charge in [-0.1, -0.05) is 12.1 Å². The Kier molecular flexibility index (Phi) is 4.95. The van der Waals surface area contributed by atoms with Crippen LogP contribution in [0.3, 0.4) is 0 Å². The van der Waals surface area contributed by atoms with Gasteiger partial charge in [0.2, 0.25) is 11.8 Å². The minimum absolute atomic E-state index is 0.0293. The van der Waals surface area contributed by atoms with Crippen LogP contribution in [-0.4, -0.2) is 42.5 Å². The SMILES string of the molecule is C=CCN1CC2C(=O)N(c3ccc(OC)cc3)NC2(CCc2cccs2)C1=O. The summed E-state index contributed by atoms with van der Waals surface area (Å²) < 4.78 is 5.20. The number of anilines is 1. The molecule has 2 aromatic rings. The van der Waals surface area contributed by atoms with E-state index < -0.39 is 11.5 Å². The third-order valence-corrected chi connectivity index (χ3v) is 6.46. The van der Waals surface area contributed by atoms with Gasteiger partial charge >= 0.3 is 0 Å². The molecular weight excluding hydrogens is 374 g/mol. The molecule has 7 heteroatoms. The number of rotatable bonds is 7. The van der Waals surface area contributed by atoms with Gasteiger partial charge < -0.3 is 9.64 Å². The van der Waals surface area contributed by atoms with Crippen molar-refractivity contribution in [1.82, 2.24) is 10.3 Å². The maximum Gasteiger partial charge on any atom is 0.248 e. The van der Waals surface area contributed by atoms with Crippen LogP contribution < -0.4 is 15.2 Å². The smallest absolute Gasteiger partial charge is 0.248 e. The minimum atomic E-state index is -0.913. The van der Waals surface area contributed by atoms with Crippen LogP contribution in [0, 0.1) is 5.92 Å². The fourth-order valence-corrected chi connectivity index (χ4v) is 4.77. The molecular formula is C21H23N3O3S. The fraction of sp³-hybridized carbons (Fsp3) is 0.333. The van der Waals surface area contributed by atoms with E-state index in [9.17, 15) is 9.59 Å². The molecule has 1 aromatic carbocycles. The topological polar surface area (TPSA) is 61.9 Å². The van der Waals surface area contributed by atoms with Crippen molar-refractivity contribution in [3.05, 3.63) is 59.3 Å². The molecule has 1 N–H and O–H groups in total. The highest BCUT2D eigenvalue weighted by Crippen LogP contribution is 2.41. The molecule has 0 saturated carbocycles. The normalized spacial score (nSPS) is 24.0. The number of hydrogen-bond acceptors (Lipinski definition) is 5. The Balaban J connectivity index is 1.64. The van der Waals surface area contributed by atoms with E-state index in [0.29, 0.717) is 25.2 Å². The molecule has 0 spiro atoms. The van der Waals surface area contributed by atoms with Crippen molar-refractivity contribution in [1.29, 1.82) is 0 Å². The first-order valence-corrected chi connectivity index (χ1v) is 10.2. The molecule has 2 fully saturated rings. The summed E-state index contributed by atoms with van der Waals surface area (Å²) in [5, 5.41) is 3.56. The Bertz CT molecular complexity index is 881. The lowest BCUT2D eigenvalue weighted by Gasteiger charge is -2.28. The number of likely N-dealkylation sites (tertiary alicyclic amines) is 1. The number of methoxy groups -OCH3 is 1. The van der Waals surface area contributed by atoms with Crippen molar-refractivity contribution in [3.63, 3.8) is 0 Å². The van der Waals surface area contributed by atoms with Crippen LogP contribution in [0.2, 0.25) is 0 Å². The predicted octanol–water partition coefficient (Wildman–Crippen LogP) is 2.62. The Morgan fingerprint density at radius 2 is 2.11 bits per heavy atom. The maximum absolute atomic E-state index is 13.3. The molecule has 2 saturated heterocycles. The monoisotopic (exact) mass is 397 g/mol. The van der Waals surface area contributed by atoms with E-state index in [-0.39, 0.29) is 11.8 Å². The van der Waals surface area contributed by atoms with E-state index in [2.05, 4.69) is 18.1 Å². The first-order chi connectivity index (χ1) is 13.6. The Hall–Kier alpha value is -2.64. The van der Waals surface area contributed by atoms with Crippen LogP contribution >= 0.6 is 11.3 Å². The van der Waals surface area contributed by atoms with E-state index >= 15 is 0 Å². The standard InChI is InChI=1S/C21H23N3O3S/c1-3-12-23-14-18-19(25)24(15-6-8-16(27-2)9-7-15)22-21(18,20(23)26)11-10-17-5-4-13-28-17/h3-9,13,18,22H,1,10-12,14H2,2H3. The number of hydrazine groups is 1. The molecule has 2 amide bonds. The summed E-state index contributed by atoms with van der Waals surface area (Å²) in [7, 11) is 1.60. The highest BCUT2D eigenvalue weighted by molar-refractivity contribution is 7.09. The van der Waals surface area contributed by atoms with Gasteiger partial charge in [0.25, 0.3) is 0 Å². The molecule has 146 valence electrons. The third-order valence-electron chi connectivity index (χ3n) is 5.52. The molecule has 28 heavy (non-hydrogen) atoms. The fourth-order valence-electron chi connectivity index (χ4n) is 4.06. The summed E-state index contributed by atoms with van der Waals surface area (Å²) in [5.41, 5.74) is 3.09. The molecule has 2 atom stereocenters. The van der Waals surface area contributed by atoms with Crippen LogP contribution in [0.4, 0.5) is 5.69 Å². The van der Waals surface area contributed by atoms with Crippen LogP contribution in [0.1, 0.15) is 11.3 Å². The van der Waals surface area contributed by atoms with E-state index in [4.69, 9.17) is 4.74 Å². The predicted molar refractivity (Wildman–Crippen MR) is 109 cm³/mol. The summed E-state index contributed by atoms with van der Waals surface area (Å²) in [6, 6.07) is 11.3. The molecule has 6 nitrogen and oxygen atoms in total. The van der Waals surface area contributed by atoms with Gasteiger partial charge in [-0.05, 0) is 48.6 Å². The van der Waals surface area contributed by atoms with Gasteiger partial charge in [-0.2, -0.15) is 0 Å². The number of aryl methyl sites for hydroxylation is 1. The largest absolute Gasteiger partial charge is 0.497 e. The number of fused-ring (bicyclic) bond motifs is 1. The van der Waals surface area contributed by atoms with Crippen molar-refractivity contribution < 1.29 is 14.3 Å². The molecule has 0 radical (unpaired) electrons. The quantitative estimate of drug-likeness (QED) is 0.730. The number of carbonyl (C=O) groups excluding carboxylic acids is 2. The van der Waals surface area contributed by atoms with Crippen LogP contribution in [0.25, 0.3) is 0 Å².